The molecule has 1 heterocycles. The van der Waals surface area contributed by atoms with Gasteiger partial charge < -0.3 is 14.8 Å². The van der Waals surface area contributed by atoms with Crippen molar-refractivity contribution in [2.75, 3.05) is 25.0 Å². The topological polar surface area (TPSA) is 84.9 Å². The number of carbonyl (C=O) groups excluding carboxylic acids is 1. The van der Waals surface area contributed by atoms with E-state index in [9.17, 15) is 13.2 Å². The molecule has 1 aliphatic heterocycles. The highest BCUT2D eigenvalue weighted by atomic mass is 32.2. The number of sulfonamides is 1. The van der Waals surface area contributed by atoms with E-state index in [0.29, 0.717) is 30.3 Å². The number of para-hydroxylation sites is 2. The first-order valence-corrected chi connectivity index (χ1v) is 10.2. The van der Waals surface area contributed by atoms with Crippen LogP contribution in [0.15, 0.2) is 53.4 Å². The van der Waals surface area contributed by atoms with Gasteiger partial charge in [-0.15, -0.1) is 0 Å². The number of ether oxygens (including phenoxy) is 2. The Labute approximate surface area is 158 Å². The van der Waals surface area contributed by atoms with Crippen LogP contribution in [0.2, 0.25) is 0 Å². The van der Waals surface area contributed by atoms with Gasteiger partial charge in [0.1, 0.15) is 6.61 Å². The lowest BCUT2D eigenvalue weighted by Gasteiger charge is -2.25. The van der Waals surface area contributed by atoms with Crippen molar-refractivity contribution in [1.82, 2.24) is 4.31 Å². The maximum Gasteiger partial charge on any atom is 0.269 e. The van der Waals surface area contributed by atoms with E-state index in [-0.39, 0.29) is 11.5 Å². The average Bonchev–Trinajstić information content (AvgIpc) is 2.68. The molecule has 1 N–H and O–H groups in total. The zero-order chi connectivity index (χ0) is 19.4. The summed E-state index contributed by atoms with van der Waals surface area (Å²) in [4.78, 5) is 12.6. The quantitative estimate of drug-likeness (QED) is 0.819. The number of anilines is 1. The molecule has 0 saturated carbocycles. The highest BCUT2D eigenvalue weighted by molar-refractivity contribution is 7.89. The van der Waals surface area contributed by atoms with Crippen LogP contribution in [0.4, 0.5) is 5.69 Å². The molecule has 0 fully saturated rings. The molecule has 0 saturated heterocycles. The fraction of sp³-hybridized carbons (Fsp3) is 0.316. The van der Waals surface area contributed by atoms with Gasteiger partial charge in [-0.3, -0.25) is 4.79 Å². The van der Waals surface area contributed by atoms with Gasteiger partial charge in [0.05, 0.1) is 4.90 Å². The summed E-state index contributed by atoms with van der Waals surface area (Å²) >= 11 is 0. The Morgan fingerprint density at radius 3 is 2.52 bits per heavy atom. The van der Waals surface area contributed by atoms with Crippen LogP contribution in [0, 0.1) is 0 Å². The molecule has 144 valence electrons. The second kappa shape index (κ2) is 7.98. The number of hydrogen-bond acceptors (Lipinski definition) is 5. The second-order valence-electron chi connectivity index (χ2n) is 5.97. The smallest absolute Gasteiger partial charge is 0.269 e. The minimum atomic E-state index is -3.60. The molecule has 0 radical (unpaired) electrons. The van der Waals surface area contributed by atoms with Crippen molar-refractivity contribution in [3.05, 3.63) is 48.5 Å². The first-order valence-electron chi connectivity index (χ1n) is 8.75. The Morgan fingerprint density at radius 1 is 1.11 bits per heavy atom. The highest BCUT2D eigenvalue weighted by Gasteiger charge is 2.28. The normalized spacial score (nSPS) is 16.2. The molecule has 2 aromatic rings. The fourth-order valence-corrected chi connectivity index (χ4v) is 4.32. The Bertz CT molecular complexity index is 925. The van der Waals surface area contributed by atoms with Gasteiger partial charge in [-0.05, 0) is 30.3 Å². The molecule has 0 aromatic heterocycles. The molecule has 0 unspecified atom stereocenters. The van der Waals surface area contributed by atoms with Crippen LogP contribution in [-0.4, -0.2) is 44.4 Å². The summed E-state index contributed by atoms with van der Waals surface area (Å²) in [6.07, 6.45) is -0.817. The van der Waals surface area contributed by atoms with E-state index in [0.717, 1.165) is 0 Å². The first-order chi connectivity index (χ1) is 13.0. The number of fused-ring (bicyclic) bond motifs is 1. The van der Waals surface area contributed by atoms with Crippen LogP contribution < -0.4 is 14.8 Å². The van der Waals surface area contributed by atoms with E-state index < -0.39 is 22.0 Å². The van der Waals surface area contributed by atoms with Crippen molar-refractivity contribution in [2.45, 2.75) is 24.8 Å². The first kappa shape index (κ1) is 19.2. The minimum absolute atomic E-state index is 0.0836. The van der Waals surface area contributed by atoms with Crippen LogP contribution in [0.5, 0.6) is 11.5 Å². The second-order valence-corrected chi connectivity index (χ2v) is 7.91. The number of nitrogens with zero attached hydrogens (tertiary/aromatic N) is 1. The number of nitrogens with one attached hydrogen (secondary N) is 1. The predicted octanol–water partition coefficient (Wildman–Crippen LogP) is 2.50. The molecule has 3 rings (SSSR count). The van der Waals surface area contributed by atoms with Crippen LogP contribution in [-0.2, 0) is 14.8 Å². The van der Waals surface area contributed by atoms with E-state index >= 15 is 0 Å². The van der Waals surface area contributed by atoms with Gasteiger partial charge in [-0.2, -0.15) is 4.31 Å². The molecular weight excluding hydrogens is 368 g/mol. The summed E-state index contributed by atoms with van der Waals surface area (Å²) in [5, 5.41) is 2.70. The van der Waals surface area contributed by atoms with Crippen molar-refractivity contribution in [2.24, 2.45) is 0 Å². The lowest BCUT2D eigenvalue weighted by Crippen LogP contribution is -2.40. The third kappa shape index (κ3) is 4.06. The molecule has 7 nitrogen and oxygen atoms in total. The molecule has 0 aliphatic carbocycles. The van der Waals surface area contributed by atoms with E-state index in [4.69, 9.17) is 9.47 Å². The van der Waals surface area contributed by atoms with Gasteiger partial charge in [-0.1, -0.05) is 32.0 Å². The molecule has 0 spiro atoms. The summed E-state index contributed by atoms with van der Waals surface area (Å²) in [6.45, 7) is 4.40. The largest absolute Gasteiger partial charge is 0.485 e. The van der Waals surface area contributed by atoms with Crippen molar-refractivity contribution >= 4 is 21.6 Å². The maximum absolute atomic E-state index is 12.6. The zero-order valence-electron chi connectivity index (χ0n) is 15.2. The van der Waals surface area contributed by atoms with Gasteiger partial charge in [-0.25, -0.2) is 8.42 Å². The van der Waals surface area contributed by atoms with Gasteiger partial charge in [0.2, 0.25) is 16.1 Å². The van der Waals surface area contributed by atoms with E-state index in [1.54, 1.807) is 44.2 Å². The summed E-state index contributed by atoms with van der Waals surface area (Å²) in [5.41, 5.74) is 0.385. The van der Waals surface area contributed by atoms with Crippen molar-refractivity contribution in [3.8, 4) is 11.5 Å². The van der Waals surface area contributed by atoms with Crippen LogP contribution in [0.3, 0.4) is 0 Å². The summed E-state index contributed by atoms with van der Waals surface area (Å²) < 4.78 is 37.9. The van der Waals surface area contributed by atoms with E-state index in [1.165, 1.54) is 16.4 Å². The maximum atomic E-state index is 12.6. The number of hydrogen-bond donors (Lipinski definition) is 1. The molecule has 27 heavy (non-hydrogen) atoms. The molecule has 1 aliphatic rings. The molecule has 8 heteroatoms. The van der Waals surface area contributed by atoms with Gasteiger partial charge in [0.15, 0.2) is 11.5 Å². The zero-order valence-corrected chi connectivity index (χ0v) is 16.0. The lowest BCUT2D eigenvalue weighted by molar-refractivity contribution is -0.125. The third-order valence-corrected chi connectivity index (χ3v) is 6.29. The Hall–Kier alpha value is -2.58. The summed E-state index contributed by atoms with van der Waals surface area (Å²) in [6, 6.07) is 13.3. The fourth-order valence-electron chi connectivity index (χ4n) is 2.82. The predicted molar refractivity (Wildman–Crippen MR) is 102 cm³/mol. The number of benzene rings is 2. The number of carbonyl (C=O) groups is 1. The molecule has 1 amide bonds. The van der Waals surface area contributed by atoms with Crippen LogP contribution in [0.25, 0.3) is 0 Å². The molecular formula is C19H22N2O5S. The van der Waals surface area contributed by atoms with Gasteiger partial charge >= 0.3 is 0 Å². The highest BCUT2D eigenvalue weighted by Crippen LogP contribution is 2.31. The monoisotopic (exact) mass is 390 g/mol. The minimum Gasteiger partial charge on any atom is -0.485 e. The Kier molecular flexibility index (Phi) is 5.67. The van der Waals surface area contributed by atoms with Gasteiger partial charge in [0.25, 0.3) is 5.91 Å². The van der Waals surface area contributed by atoms with Crippen molar-refractivity contribution in [1.29, 1.82) is 0 Å². The molecule has 0 bridgehead atoms. The molecule has 2 aromatic carbocycles. The van der Waals surface area contributed by atoms with Crippen molar-refractivity contribution < 1.29 is 22.7 Å². The summed E-state index contributed by atoms with van der Waals surface area (Å²) in [7, 11) is -3.60. The number of rotatable bonds is 6. The average molecular weight is 390 g/mol. The standard InChI is InChI=1S/C19H22N2O5S/c1-3-21(4-2)27(23,24)15-9-7-8-14(12-15)20-19(22)18-13-25-16-10-5-6-11-17(16)26-18/h5-12,18H,3-4,13H2,1-2H3,(H,20,22)/t18-/m1/s1. The van der Waals surface area contributed by atoms with Crippen molar-refractivity contribution in [3.63, 3.8) is 0 Å². The SMILES string of the molecule is CCN(CC)S(=O)(=O)c1cccc(NC(=O)[C@H]2COc3ccccc3O2)c1. The third-order valence-electron chi connectivity index (χ3n) is 4.25. The Balaban J connectivity index is 1.74. The molecule has 1 atom stereocenters. The van der Waals surface area contributed by atoms with E-state index in [1.807, 2.05) is 6.07 Å². The van der Waals surface area contributed by atoms with Crippen LogP contribution in [0.1, 0.15) is 13.8 Å². The Morgan fingerprint density at radius 2 is 1.81 bits per heavy atom. The summed E-state index contributed by atoms with van der Waals surface area (Å²) in [5.74, 6) is 0.692. The number of amides is 1. The van der Waals surface area contributed by atoms with E-state index in [2.05, 4.69) is 5.32 Å². The van der Waals surface area contributed by atoms with Gasteiger partial charge in [0, 0.05) is 18.8 Å². The van der Waals surface area contributed by atoms with Crippen LogP contribution >= 0.6 is 0 Å². The lowest BCUT2D eigenvalue weighted by atomic mass is 10.2.